The van der Waals surface area contributed by atoms with Gasteiger partial charge >= 0.3 is 11.8 Å². The maximum absolute atomic E-state index is 11.1. The molecule has 0 aliphatic heterocycles. The van der Waals surface area contributed by atoms with Gasteiger partial charge in [-0.2, -0.15) is 0 Å². The summed E-state index contributed by atoms with van der Waals surface area (Å²) in [5, 5.41) is 2.46. The summed E-state index contributed by atoms with van der Waals surface area (Å²) >= 11 is 0. The fraction of sp³-hybridized carbons (Fsp3) is 0.273. The Morgan fingerprint density at radius 1 is 1.13 bits per heavy atom. The molecule has 0 spiro atoms. The first-order chi connectivity index (χ1) is 6.93. The topological polar surface area (TPSA) is 72.2 Å². The highest BCUT2D eigenvalue weighted by molar-refractivity contribution is 6.39. The molecule has 1 aromatic rings. The van der Waals surface area contributed by atoms with E-state index in [-0.39, 0.29) is 0 Å². The Balaban J connectivity index is 3.02. The van der Waals surface area contributed by atoms with E-state index in [0.717, 1.165) is 16.7 Å². The zero-order valence-electron chi connectivity index (χ0n) is 9.05. The van der Waals surface area contributed by atoms with Crippen LogP contribution in [0.15, 0.2) is 12.1 Å². The Morgan fingerprint density at radius 2 is 1.73 bits per heavy atom. The van der Waals surface area contributed by atoms with E-state index in [1.54, 1.807) is 6.07 Å². The molecule has 80 valence electrons. The lowest BCUT2D eigenvalue weighted by molar-refractivity contribution is -0.134. The normalized spacial score (nSPS) is 9.80. The molecule has 4 nitrogen and oxygen atoms in total. The van der Waals surface area contributed by atoms with E-state index in [9.17, 15) is 9.59 Å². The van der Waals surface area contributed by atoms with E-state index < -0.39 is 11.8 Å². The summed E-state index contributed by atoms with van der Waals surface area (Å²) < 4.78 is 0. The molecule has 0 unspecified atom stereocenters. The second-order valence-electron chi connectivity index (χ2n) is 3.50. The van der Waals surface area contributed by atoms with Crippen LogP contribution in [0.5, 0.6) is 0 Å². The first-order valence-corrected chi connectivity index (χ1v) is 4.61. The number of primary amides is 1. The van der Waals surface area contributed by atoms with Crippen molar-refractivity contribution in [3.8, 4) is 0 Å². The van der Waals surface area contributed by atoms with Gasteiger partial charge in [0, 0.05) is 5.69 Å². The van der Waals surface area contributed by atoms with Gasteiger partial charge in [-0.25, -0.2) is 0 Å². The smallest absolute Gasteiger partial charge is 0.313 e. The predicted octanol–water partition coefficient (Wildman–Crippen LogP) is 1.04. The second-order valence-corrected chi connectivity index (χ2v) is 3.50. The molecule has 3 N–H and O–H groups in total. The maximum atomic E-state index is 11.1. The summed E-state index contributed by atoms with van der Waals surface area (Å²) in [6.45, 7) is 5.84. The maximum Gasteiger partial charge on any atom is 0.313 e. The molecule has 0 radical (unpaired) electrons. The van der Waals surface area contributed by atoms with Gasteiger partial charge in [0.05, 0.1) is 0 Å². The Morgan fingerprint density at radius 3 is 2.27 bits per heavy atom. The summed E-state index contributed by atoms with van der Waals surface area (Å²) in [6, 6.07) is 3.65. The number of rotatable bonds is 1. The van der Waals surface area contributed by atoms with Crippen molar-refractivity contribution < 1.29 is 9.59 Å². The Hall–Kier alpha value is -1.84. The number of carbonyl (C=O) groups is 2. The van der Waals surface area contributed by atoms with Gasteiger partial charge in [0.2, 0.25) is 0 Å². The van der Waals surface area contributed by atoms with Gasteiger partial charge in [0.1, 0.15) is 0 Å². The van der Waals surface area contributed by atoms with Gasteiger partial charge in [0.15, 0.2) is 0 Å². The molecule has 1 aromatic carbocycles. The standard InChI is InChI=1S/C11H14N2O2/c1-6-4-5-9(8(3)7(6)2)13-11(15)10(12)14/h4-5H,1-3H3,(H2,12,14)(H,13,15). The first kappa shape index (κ1) is 11.2. The summed E-state index contributed by atoms with van der Waals surface area (Å²) in [4.78, 5) is 21.7. The molecule has 0 aliphatic rings. The SMILES string of the molecule is Cc1ccc(NC(=O)C(N)=O)c(C)c1C. The van der Waals surface area contributed by atoms with Crippen LogP contribution in [0.4, 0.5) is 5.69 Å². The molecule has 0 bridgehead atoms. The van der Waals surface area contributed by atoms with Crippen molar-refractivity contribution in [2.24, 2.45) is 5.73 Å². The molecule has 0 saturated carbocycles. The molecular weight excluding hydrogens is 192 g/mol. The molecule has 2 amide bonds. The van der Waals surface area contributed by atoms with Gasteiger partial charge in [0.25, 0.3) is 0 Å². The Labute approximate surface area is 88.5 Å². The summed E-state index contributed by atoms with van der Waals surface area (Å²) in [5.74, 6) is -1.77. The van der Waals surface area contributed by atoms with Crippen LogP contribution < -0.4 is 11.1 Å². The molecule has 0 saturated heterocycles. The van der Waals surface area contributed by atoms with Crippen LogP contribution in [-0.4, -0.2) is 11.8 Å². The number of nitrogens with one attached hydrogen (secondary N) is 1. The Kier molecular flexibility index (Phi) is 3.09. The average Bonchev–Trinajstić information content (AvgIpc) is 2.18. The fourth-order valence-electron chi connectivity index (χ4n) is 1.28. The van der Waals surface area contributed by atoms with Crippen LogP contribution >= 0.6 is 0 Å². The highest BCUT2D eigenvalue weighted by Gasteiger charge is 2.11. The largest absolute Gasteiger partial charge is 0.361 e. The third kappa shape index (κ3) is 2.34. The number of nitrogens with two attached hydrogens (primary N) is 1. The van der Waals surface area contributed by atoms with Crippen molar-refractivity contribution >= 4 is 17.5 Å². The van der Waals surface area contributed by atoms with Crippen LogP contribution in [0.3, 0.4) is 0 Å². The predicted molar refractivity (Wildman–Crippen MR) is 58.5 cm³/mol. The van der Waals surface area contributed by atoms with Gasteiger partial charge in [-0.3, -0.25) is 9.59 Å². The number of aryl methyl sites for hydroxylation is 1. The summed E-state index contributed by atoms with van der Waals surface area (Å²) in [7, 11) is 0. The zero-order valence-corrected chi connectivity index (χ0v) is 9.05. The highest BCUT2D eigenvalue weighted by atomic mass is 16.2. The minimum absolute atomic E-state index is 0.627. The van der Waals surface area contributed by atoms with E-state index in [4.69, 9.17) is 5.73 Å². The first-order valence-electron chi connectivity index (χ1n) is 4.61. The van der Waals surface area contributed by atoms with Crippen molar-refractivity contribution in [1.29, 1.82) is 0 Å². The monoisotopic (exact) mass is 206 g/mol. The average molecular weight is 206 g/mol. The fourth-order valence-corrected chi connectivity index (χ4v) is 1.28. The minimum atomic E-state index is -0.979. The third-order valence-electron chi connectivity index (χ3n) is 2.53. The quantitative estimate of drug-likeness (QED) is 0.674. The van der Waals surface area contributed by atoms with Gasteiger partial charge < -0.3 is 11.1 Å². The van der Waals surface area contributed by atoms with Crippen LogP contribution in [0.2, 0.25) is 0 Å². The van der Waals surface area contributed by atoms with Crippen LogP contribution in [0, 0.1) is 20.8 Å². The van der Waals surface area contributed by atoms with Crippen LogP contribution in [-0.2, 0) is 9.59 Å². The molecule has 0 heterocycles. The molecule has 0 aliphatic carbocycles. The zero-order chi connectivity index (χ0) is 11.6. The lowest BCUT2D eigenvalue weighted by atomic mass is 10.0. The third-order valence-corrected chi connectivity index (χ3v) is 2.53. The molecular formula is C11H14N2O2. The van der Waals surface area contributed by atoms with E-state index >= 15 is 0 Å². The van der Waals surface area contributed by atoms with Gasteiger partial charge in [-0.1, -0.05) is 6.07 Å². The van der Waals surface area contributed by atoms with E-state index in [0.29, 0.717) is 5.69 Å². The molecule has 1 rings (SSSR count). The number of benzene rings is 1. The second kappa shape index (κ2) is 4.13. The lowest BCUT2D eigenvalue weighted by Crippen LogP contribution is -2.29. The van der Waals surface area contributed by atoms with E-state index in [2.05, 4.69) is 5.32 Å². The van der Waals surface area contributed by atoms with Gasteiger partial charge in [-0.05, 0) is 43.5 Å². The van der Waals surface area contributed by atoms with Crippen molar-refractivity contribution in [2.75, 3.05) is 5.32 Å². The number of carbonyl (C=O) groups excluding carboxylic acids is 2. The molecule has 0 aromatic heterocycles. The van der Waals surface area contributed by atoms with Crippen molar-refractivity contribution in [3.05, 3.63) is 28.8 Å². The van der Waals surface area contributed by atoms with Crippen molar-refractivity contribution in [2.45, 2.75) is 20.8 Å². The van der Waals surface area contributed by atoms with Crippen LogP contribution in [0.1, 0.15) is 16.7 Å². The van der Waals surface area contributed by atoms with Crippen molar-refractivity contribution in [1.82, 2.24) is 0 Å². The van der Waals surface area contributed by atoms with Crippen molar-refractivity contribution in [3.63, 3.8) is 0 Å². The number of hydrogen-bond donors (Lipinski definition) is 2. The van der Waals surface area contributed by atoms with Crippen LogP contribution in [0.25, 0.3) is 0 Å². The number of hydrogen-bond acceptors (Lipinski definition) is 2. The van der Waals surface area contributed by atoms with Gasteiger partial charge in [-0.15, -0.1) is 0 Å². The van der Waals surface area contributed by atoms with E-state index in [1.807, 2.05) is 26.8 Å². The molecule has 0 atom stereocenters. The summed E-state index contributed by atoms with van der Waals surface area (Å²) in [6.07, 6.45) is 0. The highest BCUT2D eigenvalue weighted by Crippen LogP contribution is 2.21. The lowest BCUT2D eigenvalue weighted by Gasteiger charge is -2.11. The molecule has 15 heavy (non-hydrogen) atoms. The molecule has 0 fully saturated rings. The Bertz CT molecular complexity index is 425. The summed E-state index contributed by atoms with van der Waals surface area (Å²) in [5.41, 5.74) is 8.66. The number of amides is 2. The number of anilines is 1. The van der Waals surface area contributed by atoms with E-state index in [1.165, 1.54) is 0 Å². The molecule has 4 heteroatoms. The minimum Gasteiger partial charge on any atom is -0.361 e.